The lowest BCUT2D eigenvalue weighted by atomic mass is 9.79. The first-order valence-corrected chi connectivity index (χ1v) is 11.7. The van der Waals surface area contributed by atoms with Crippen molar-refractivity contribution in [2.45, 2.75) is 44.8 Å². The van der Waals surface area contributed by atoms with Crippen LogP contribution < -0.4 is 10.6 Å². The van der Waals surface area contributed by atoms with E-state index >= 15 is 0 Å². The molecule has 0 aliphatic heterocycles. The summed E-state index contributed by atoms with van der Waals surface area (Å²) in [6, 6.07) is 3.65. The van der Waals surface area contributed by atoms with Crippen molar-refractivity contribution in [1.29, 1.82) is 0 Å². The zero-order chi connectivity index (χ0) is 26.0. The Balaban J connectivity index is 1.53. The van der Waals surface area contributed by atoms with E-state index in [0.29, 0.717) is 11.6 Å². The maximum absolute atomic E-state index is 13.3. The van der Waals surface area contributed by atoms with Gasteiger partial charge >= 0.3 is 6.18 Å². The van der Waals surface area contributed by atoms with Gasteiger partial charge in [0.1, 0.15) is 23.1 Å². The van der Waals surface area contributed by atoms with E-state index in [1.54, 1.807) is 13.1 Å². The number of amides is 2. The fraction of sp³-hybridized carbons (Fsp3) is 0.458. The molecule has 3 heterocycles. The minimum Gasteiger partial charge on any atom is -0.339 e. The largest absolute Gasteiger partial charge is 0.420 e. The predicted molar refractivity (Wildman–Crippen MR) is 126 cm³/mol. The average molecular weight is 504 g/mol. The molecule has 36 heavy (non-hydrogen) atoms. The van der Waals surface area contributed by atoms with Gasteiger partial charge in [0.15, 0.2) is 0 Å². The van der Waals surface area contributed by atoms with Crippen molar-refractivity contribution in [2.24, 2.45) is 25.9 Å². The van der Waals surface area contributed by atoms with Gasteiger partial charge in [0.25, 0.3) is 5.91 Å². The number of anilines is 1. The number of aryl methyl sites for hydroxylation is 2. The van der Waals surface area contributed by atoms with Crippen LogP contribution in [-0.2, 0) is 25.1 Å². The highest BCUT2D eigenvalue weighted by atomic mass is 19.4. The zero-order valence-corrected chi connectivity index (χ0v) is 20.2. The maximum atomic E-state index is 13.3. The number of alkyl halides is 3. The molecule has 1 saturated carbocycles. The van der Waals surface area contributed by atoms with Crippen molar-refractivity contribution < 1.29 is 22.8 Å². The molecule has 0 saturated heterocycles. The quantitative estimate of drug-likeness (QED) is 0.532. The molecule has 2 N–H and O–H groups in total. The van der Waals surface area contributed by atoms with Gasteiger partial charge in [-0.05, 0) is 42.9 Å². The summed E-state index contributed by atoms with van der Waals surface area (Å²) < 4.78 is 42.6. The molecular formula is C24H28F3N7O2. The third-order valence-electron chi connectivity index (χ3n) is 6.69. The molecule has 1 aliphatic rings. The SMILES string of the molecule is CC1CCC([C@H](NC(=O)c2ccnn2C)C(=O)Nc2ccc(-c3c(C(F)(F)F)cnn3C)cn2)CC1. The second-order valence-electron chi connectivity index (χ2n) is 9.26. The van der Waals surface area contributed by atoms with Crippen molar-refractivity contribution in [3.05, 3.63) is 48.0 Å². The van der Waals surface area contributed by atoms with Crippen LogP contribution in [0, 0.1) is 11.8 Å². The number of carbonyl (C=O) groups is 2. The summed E-state index contributed by atoms with van der Waals surface area (Å²) >= 11 is 0. The number of rotatable bonds is 6. The Labute approximate surface area is 206 Å². The van der Waals surface area contributed by atoms with Gasteiger partial charge in [-0.3, -0.25) is 19.0 Å². The monoisotopic (exact) mass is 503 g/mol. The van der Waals surface area contributed by atoms with Crippen molar-refractivity contribution >= 4 is 17.6 Å². The normalized spacial score (nSPS) is 19.1. The van der Waals surface area contributed by atoms with Gasteiger partial charge in [-0.15, -0.1) is 0 Å². The fourth-order valence-corrected chi connectivity index (χ4v) is 4.63. The minimum atomic E-state index is -4.56. The molecule has 3 aromatic rings. The molecule has 4 rings (SSSR count). The Morgan fingerprint density at radius 3 is 2.33 bits per heavy atom. The van der Waals surface area contributed by atoms with E-state index in [0.717, 1.165) is 36.6 Å². The number of hydrogen-bond acceptors (Lipinski definition) is 5. The van der Waals surface area contributed by atoms with Crippen molar-refractivity contribution in [3.8, 4) is 11.3 Å². The van der Waals surface area contributed by atoms with Gasteiger partial charge in [0, 0.05) is 32.1 Å². The van der Waals surface area contributed by atoms with Gasteiger partial charge in [-0.2, -0.15) is 23.4 Å². The summed E-state index contributed by atoms with van der Waals surface area (Å²) in [4.78, 5) is 30.3. The smallest absolute Gasteiger partial charge is 0.339 e. The molecular weight excluding hydrogens is 475 g/mol. The highest BCUT2D eigenvalue weighted by molar-refractivity contribution is 6.00. The van der Waals surface area contributed by atoms with Crippen LogP contribution in [0.4, 0.5) is 19.0 Å². The van der Waals surface area contributed by atoms with Gasteiger partial charge in [0.2, 0.25) is 5.91 Å². The van der Waals surface area contributed by atoms with Crippen molar-refractivity contribution in [1.82, 2.24) is 29.9 Å². The molecule has 0 radical (unpaired) electrons. The molecule has 12 heteroatoms. The van der Waals surface area contributed by atoms with Crippen LogP contribution in [0.15, 0.2) is 36.8 Å². The van der Waals surface area contributed by atoms with E-state index in [4.69, 9.17) is 0 Å². The van der Waals surface area contributed by atoms with Gasteiger partial charge in [-0.1, -0.05) is 19.8 Å². The number of nitrogens with one attached hydrogen (secondary N) is 2. The number of aromatic nitrogens is 5. The third-order valence-corrected chi connectivity index (χ3v) is 6.69. The molecule has 0 spiro atoms. The van der Waals surface area contributed by atoms with Crippen LogP contribution in [0.25, 0.3) is 11.3 Å². The summed E-state index contributed by atoms with van der Waals surface area (Å²) in [7, 11) is 3.06. The van der Waals surface area contributed by atoms with Crippen LogP contribution in [0.3, 0.4) is 0 Å². The van der Waals surface area contributed by atoms with Crippen LogP contribution in [0.2, 0.25) is 0 Å². The van der Waals surface area contributed by atoms with E-state index < -0.39 is 29.6 Å². The van der Waals surface area contributed by atoms with Crippen LogP contribution >= 0.6 is 0 Å². The average Bonchev–Trinajstić information content (AvgIpc) is 3.44. The number of nitrogens with zero attached hydrogens (tertiary/aromatic N) is 5. The topological polar surface area (TPSA) is 107 Å². The Hall–Kier alpha value is -3.70. The molecule has 2 amide bonds. The zero-order valence-electron chi connectivity index (χ0n) is 20.2. The summed E-state index contributed by atoms with van der Waals surface area (Å²) in [6.07, 6.45) is 2.46. The first kappa shape index (κ1) is 25.4. The highest BCUT2D eigenvalue weighted by Crippen LogP contribution is 2.36. The summed E-state index contributed by atoms with van der Waals surface area (Å²) in [6.45, 7) is 2.16. The van der Waals surface area contributed by atoms with Crippen LogP contribution in [0.1, 0.15) is 48.7 Å². The van der Waals surface area contributed by atoms with Gasteiger partial charge in [0.05, 0.1) is 11.9 Å². The Kier molecular flexibility index (Phi) is 7.14. The predicted octanol–water partition coefficient (Wildman–Crippen LogP) is 3.80. The summed E-state index contributed by atoms with van der Waals surface area (Å²) in [5, 5.41) is 13.3. The van der Waals surface area contributed by atoms with Crippen molar-refractivity contribution in [2.75, 3.05) is 5.32 Å². The summed E-state index contributed by atoms with van der Waals surface area (Å²) in [5.41, 5.74) is -0.447. The second-order valence-corrected chi connectivity index (χ2v) is 9.26. The Morgan fingerprint density at radius 1 is 1.03 bits per heavy atom. The van der Waals surface area contributed by atoms with Crippen LogP contribution in [0.5, 0.6) is 0 Å². The molecule has 0 unspecified atom stereocenters. The van der Waals surface area contributed by atoms with Gasteiger partial charge < -0.3 is 10.6 Å². The third kappa shape index (κ3) is 5.42. The van der Waals surface area contributed by atoms with E-state index in [2.05, 4.69) is 32.7 Å². The Morgan fingerprint density at radius 2 is 1.75 bits per heavy atom. The number of carbonyl (C=O) groups excluding carboxylic acids is 2. The van der Waals surface area contributed by atoms with Crippen LogP contribution in [-0.4, -0.2) is 42.4 Å². The van der Waals surface area contributed by atoms with E-state index in [9.17, 15) is 22.8 Å². The lowest BCUT2D eigenvalue weighted by molar-refractivity contribution is -0.137. The lowest BCUT2D eigenvalue weighted by Crippen LogP contribution is -2.49. The minimum absolute atomic E-state index is 0.0542. The molecule has 0 aromatic carbocycles. The van der Waals surface area contributed by atoms with E-state index in [1.165, 1.54) is 36.3 Å². The molecule has 3 aromatic heterocycles. The lowest BCUT2D eigenvalue weighted by Gasteiger charge is -2.32. The number of hydrogen-bond donors (Lipinski definition) is 2. The number of halogens is 3. The maximum Gasteiger partial charge on any atom is 0.420 e. The van der Waals surface area contributed by atoms with Crippen molar-refractivity contribution in [3.63, 3.8) is 0 Å². The van der Waals surface area contributed by atoms with E-state index in [-0.39, 0.29) is 23.0 Å². The molecule has 1 atom stereocenters. The summed E-state index contributed by atoms with van der Waals surface area (Å²) in [5.74, 6) is -0.166. The second kappa shape index (κ2) is 10.1. The first-order chi connectivity index (χ1) is 17.0. The molecule has 1 fully saturated rings. The van der Waals surface area contributed by atoms with E-state index in [1.807, 2.05) is 0 Å². The molecule has 1 aliphatic carbocycles. The number of pyridine rings is 1. The Bertz CT molecular complexity index is 1230. The standard InChI is InChI=1S/C24H28F3N7O2/c1-14-4-6-15(7-5-14)20(32-22(35)18-10-11-29-33(18)2)23(36)31-19-9-8-16(12-28-19)21-17(24(25,26)27)13-30-34(21)3/h8-15,20H,4-7H2,1-3H3,(H,32,35)(H,28,31,36)/t14?,15?,20-/m0/s1. The highest BCUT2D eigenvalue weighted by Gasteiger charge is 2.37. The first-order valence-electron chi connectivity index (χ1n) is 11.7. The van der Waals surface area contributed by atoms with Gasteiger partial charge in [-0.25, -0.2) is 4.98 Å². The molecule has 9 nitrogen and oxygen atoms in total. The fourth-order valence-electron chi connectivity index (χ4n) is 4.63. The molecule has 0 bridgehead atoms. The molecule has 192 valence electrons.